The highest BCUT2D eigenvalue weighted by molar-refractivity contribution is 5.95. The molecule has 1 aromatic heterocycles. The molecule has 1 atom stereocenters. The molecular formula is C22H27N3O3. The molecule has 2 aromatic rings. The Morgan fingerprint density at radius 1 is 1.14 bits per heavy atom. The van der Waals surface area contributed by atoms with Crippen molar-refractivity contribution in [3.63, 3.8) is 0 Å². The van der Waals surface area contributed by atoms with Gasteiger partial charge < -0.3 is 9.64 Å². The third-order valence-corrected chi connectivity index (χ3v) is 4.48. The van der Waals surface area contributed by atoms with Crippen molar-refractivity contribution in [1.29, 1.82) is 0 Å². The molecule has 0 saturated heterocycles. The van der Waals surface area contributed by atoms with Gasteiger partial charge in [0.25, 0.3) is 5.91 Å². The van der Waals surface area contributed by atoms with Crippen LogP contribution in [0.15, 0.2) is 48.7 Å². The zero-order chi connectivity index (χ0) is 20.3. The van der Waals surface area contributed by atoms with Crippen molar-refractivity contribution in [1.82, 2.24) is 9.88 Å². The molecule has 1 unspecified atom stereocenters. The van der Waals surface area contributed by atoms with Crippen LogP contribution in [-0.4, -0.2) is 33.5 Å². The highest BCUT2D eigenvalue weighted by Crippen LogP contribution is 2.35. The van der Waals surface area contributed by atoms with Gasteiger partial charge in [-0.25, -0.2) is 4.79 Å². The number of amides is 2. The smallest absolute Gasteiger partial charge is 0.412 e. The van der Waals surface area contributed by atoms with Gasteiger partial charge in [0.2, 0.25) is 0 Å². The number of benzene rings is 1. The molecule has 148 valence electrons. The normalized spacial score (nSPS) is 14.9. The van der Waals surface area contributed by atoms with Gasteiger partial charge in [-0.1, -0.05) is 6.07 Å². The standard InChI is InChI=1S/C22H27N3O3/c1-15(19-7-5-6-14-23-19)25(18-12-13-18)20(26)16-8-10-17(11-9-16)24-21(27)28-22(2,3)4/h5-11,14-15,18H,12-13H2,1-4H3,(H,24,27). The van der Waals surface area contributed by atoms with Crippen LogP contribution < -0.4 is 5.32 Å². The van der Waals surface area contributed by atoms with E-state index in [0.29, 0.717) is 11.3 Å². The molecule has 0 spiro atoms. The van der Waals surface area contributed by atoms with Gasteiger partial charge in [-0.15, -0.1) is 0 Å². The number of ether oxygens (including phenoxy) is 1. The fraction of sp³-hybridized carbons (Fsp3) is 0.409. The Hall–Kier alpha value is -2.89. The van der Waals surface area contributed by atoms with Crippen LogP contribution in [0, 0.1) is 0 Å². The van der Waals surface area contributed by atoms with Crippen molar-refractivity contribution < 1.29 is 14.3 Å². The minimum absolute atomic E-state index is 0.0236. The molecule has 28 heavy (non-hydrogen) atoms. The molecule has 1 N–H and O–H groups in total. The molecule has 1 aromatic carbocycles. The molecule has 1 fully saturated rings. The van der Waals surface area contributed by atoms with Crippen LogP contribution in [0.2, 0.25) is 0 Å². The monoisotopic (exact) mass is 381 g/mol. The second-order valence-electron chi connectivity index (χ2n) is 8.08. The van der Waals surface area contributed by atoms with E-state index < -0.39 is 11.7 Å². The first-order chi connectivity index (χ1) is 13.2. The van der Waals surface area contributed by atoms with Gasteiger partial charge in [-0.3, -0.25) is 15.1 Å². The van der Waals surface area contributed by atoms with Gasteiger partial charge >= 0.3 is 6.09 Å². The summed E-state index contributed by atoms with van der Waals surface area (Å²) in [4.78, 5) is 31.4. The molecule has 1 aliphatic carbocycles. The summed E-state index contributed by atoms with van der Waals surface area (Å²) in [5.74, 6) is -0.0236. The van der Waals surface area contributed by atoms with E-state index in [2.05, 4.69) is 10.3 Å². The average Bonchev–Trinajstić information content (AvgIpc) is 3.46. The Morgan fingerprint density at radius 2 is 1.82 bits per heavy atom. The first-order valence-corrected chi connectivity index (χ1v) is 9.58. The highest BCUT2D eigenvalue weighted by atomic mass is 16.6. The summed E-state index contributed by atoms with van der Waals surface area (Å²) in [7, 11) is 0. The summed E-state index contributed by atoms with van der Waals surface area (Å²) in [6, 6.07) is 12.8. The third-order valence-electron chi connectivity index (χ3n) is 4.48. The summed E-state index contributed by atoms with van der Waals surface area (Å²) in [5.41, 5.74) is 1.49. The van der Waals surface area contributed by atoms with Crippen LogP contribution >= 0.6 is 0 Å². The SMILES string of the molecule is CC(c1ccccn1)N(C(=O)c1ccc(NC(=O)OC(C)(C)C)cc1)C1CC1. The Kier molecular flexibility index (Phi) is 5.68. The molecule has 6 heteroatoms. The highest BCUT2D eigenvalue weighted by Gasteiger charge is 2.37. The Balaban J connectivity index is 1.71. The van der Waals surface area contributed by atoms with Crippen LogP contribution in [0.1, 0.15) is 62.6 Å². The quantitative estimate of drug-likeness (QED) is 0.808. The molecule has 1 saturated carbocycles. The molecule has 0 aliphatic heterocycles. The number of aromatic nitrogens is 1. The zero-order valence-corrected chi connectivity index (χ0v) is 16.8. The van der Waals surface area contributed by atoms with Crippen LogP contribution in [0.5, 0.6) is 0 Å². The lowest BCUT2D eigenvalue weighted by molar-refractivity contribution is 0.0634. The lowest BCUT2D eigenvalue weighted by atomic mass is 10.1. The minimum Gasteiger partial charge on any atom is -0.444 e. The number of hydrogen-bond acceptors (Lipinski definition) is 4. The van der Waals surface area contributed by atoms with Crippen molar-refractivity contribution in [2.45, 2.75) is 58.2 Å². The van der Waals surface area contributed by atoms with Crippen molar-refractivity contribution in [3.05, 3.63) is 59.9 Å². The number of carbonyl (C=O) groups is 2. The summed E-state index contributed by atoms with van der Waals surface area (Å²) < 4.78 is 5.25. The first-order valence-electron chi connectivity index (χ1n) is 9.58. The molecule has 1 aliphatic rings. The maximum Gasteiger partial charge on any atom is 0.412 e. The van der Waals surface area contributed by atoms with Gasteiger partial charge in [-0.2, -0.15) is 0 Å². The van der Waals surface area contributed by atoms with Crippen molar-refractivity contribution in [2.75, 3.05) is 5.32 Å². The summed E-state index contributed by atoms with van der Waals surface area (Å²) in [6.07, 6.45) is 3.26. The van der Waals surface area contributed by atoms with E-state index in [1.807, 2.05) is 50.8 Å². The predicted molar refractivity (Wildman–Crippen MR) is 108 cm³/mol. The van der Waals surface area contributed by atoms with Crippen molar-refractivity contribution in [3.8, 4) is 0 Å². The van der Waals surface area contributed by atoms with E-state index in [4.69, 9.17) is 4.74 Å². The van der Waals surface area contributed by atoms with Crippen LogP contribution in [0.25, 0.3) is 0 Å². The Morgan fingerprint density at radius 3 is 2.36 bits per heavy atom. The lowest BCUT2D eigenvalue weighted by Crippen LogP contribution is -2.36. The summed E-state index contributed by atoms with van der Waals surface area (Å²) in [5, 5.41) is 2.68. The molecule has 0 bridgehead atoms. The second-order valence-corrected chi connectivity index (χ2v) is 8.08. The van der Waals surface area contributed by atoms with E-state index in [0.717, 1.165) is 18.5 Å². The Bertz CT molecular complexity index is 824. The maximum atomic E-state index is 13.1. The number of pyridine rings is 1. The fourth-order valence-electron chi connectivity index (χ4n) is 3.04. The molecule has 6 nitrogen and oxygen atoms in total. The van der Waals surface area contributed by atoms with Gasteiger partial charge in [0.15, 0.2) is 0 Å². The second kappa shape index (κ2) is 8.00. The first kappa shape index (κ1) is 19.9. The number of hydrogen-bond donors (Lipinski definition) is 1. The van der Waals surface area contributed by atoms with Gasteiger partial charge in [0.1, 0.15) is 5.60 Å². The molecule has 0 radical (unpaired) electrons. The number of carbonyl (C=O) groups excluding carboxylic acids is 2. The largest absolute Gasteiger partial charge is 0.444 e. The van der Waals surface area contributed by atoms with Gasteiger partial charge in [0.05, 0.1) is 11.7 Å². The van der Waals surface area contributed by atoms with Crippen LogP contribution in [0.3, 0.4) is 0 Å². The summed E-state index contributed by atoms with van der Waals surface area (Å²) in [6.45, 7) is 7.44. The van der Waals surface area contributed by atoms with E-state index in [9.17, 15) is 9.59 Å². The lowest BCUT2D eigenvalue weighted by Gasteiger charge is -2.29. The maximum absolute atomic E-state index is 13.1. The Labute approximate surface area is 165 Å². The van der Waals surface area contributed by atoms with E-state index in [1.54, 1.807) is 30.5 Å². The molecular weight excluding hydrogens is 354 g/mol. The molecule has 1 heterocycles. The number of nitrogens with one attached hydrogen (secondary N) is 1. The zero-order valence-electron chi connectivity index (χ0n) is 16.8. The van der Waals surface area contributed by atoms with Gasteiger partial charge in [-0.05, 0) is 76.9 Å². The van der Waals surface area contributed by atoms with Crippen molar-refractivity contribution in [2.24, 2.45) is 0 Å². The summed E-state index contributed by atoms with van der Waals surface area (Å²) >= 11 is 0. The van der Waals surface area contributed by atoms with Crippen LogP contribution in [0.4, 0.5) is 10.5 Å². The minimum atomic E-state index is -0.563. The number of anilines is 1. The fourth-order valence-corrected chi connectivity index (χ4v) is 3.04. The predicted octanol–water partition coefficient (Wildman–Crippen LogP) is 4.79. The number of rotatable bonds is 5. The van der Waals surface area contributed by atoms with E-state index in [1.165, 1.54) is 0 Å². The van der Waals surface area contributed by atoms with E-state index >= 15 is 0 Å². The average molecular weight is 381 g/mol. The third kappa shape index (κ3) is 5.09. The molecule has 2 amide bonds. The van der Waals surface area contributed by atoms with Crippen LogP contribution in [-0.2, 0) is 4.74 Å². The molecule has 3 rings (SSSR count). The van der Waals surface area contributed by atoms with E-state index in [-0.39, 0.29) is 18.0 Å². The van der Waals surface area contributed by atoms with Gasteiger partial charge in [0, 0.05) is 23.5 Å². The van der Waals surface area contributed by atoms with Crippen molar-refractivity contribution >= 4 is 17.7 Å². The topological polar surface area (TPSA) is 71.5 Å². The number of nitrogens with zero attached hydrogens (tertiary/aromatic N) is 2.